The van der Waals surface area contributed by atoms with Crippen LogP contribution in [0.4, 0.5) is 17.3 Å². The van der Waals surface area contributed by atoms with E-state index in [-0.39, 0.29) is 35.3 Å². The average Bonchev–Trinajstić information content (AvgIpc) is 3.43. The number of aromatic nitrogens is 4. The number of nitrogens with zero attached hydrogens (tertiary/aromatic N) is 4. The van der Waals surface area contributed by atoms with Gasteiger partial charge in [-0.1, -0.05) is 103 Å². The zero-order chi connectivity index (χ0) is 56.0. The lowest BCUT2D eigenvalue weighted by Gasteiger charge is -2.41. The Balaban J connectivity index is 0.000000621. The van der Waals surface area contributed by atoms with Crippen molar-refractivity contribution in [1.29, 1.82) is 0 Å². The predicted octanol–water partition coefficient (Wildman–Crippen LogP) is 9.02. The van der Waals surface area contributed by atoms with Crippen molar-refractivity contribution >= 4 is 43.6 Å². The molecule has 4 N–H and O–H groups in total. The molecule has 0 bridgehead atoms. The van der Waals surface area contributed by atoms with Gasteiger partial charge >= 0.3 is 12.0 Å². The number of nitrogens with one attached hydrogen (secondary N) is 4. The van der Waals surface area contributed by atoms with Gasteiger partial charge in [-0.15, -0.1) is 0 Å². The molecular weight excluding hydrogens is 1030 g/mol. The summed E-state index contributed by atoms with van der Waals surface area (Å²) in [6, 6.07) is 44.6. The Hall–Kier alpha value is -7.98. The molecule has 1 aliphatic carbocycles. The minimum absolute atomic E-state index is 0.00287. The van der Waals surface area contributed by atoms with Gasteiger partial charge in [0.25, 0.3) is 0 Å². The fourth-order valence-electron chi connectivity index (χ4n) is 7.81. The highest BCUT2D eigenvalue weighted by molar-refractivity contribution is 8.05. The van der Waals surface area contributed by atoms with Crippen LogP contribution in [0.1, 0.15) is 47.1 Å². The summed E-state index contributed by atoms with van der Waals surface area (Å²) in [4.78, 5) is 20.8. The number of anilines is 3. The van der Waals surface area contributed by atoms with Crippen LogP contribution in [-0.4, -0.2) is 89.2 Å². The fourth-order valence-corrected chi connectivity index (χ4v) is 10.3. The van der Waals surface area contributed by atoms with E-state index in [2.05, 4.69) is 72.1 Å². The first-order valence-corrected chi connectivity index (χ1v) is 28.4. The Morgan fingerprint density at radius 2 is 0.885 bits per heavy atom. The second kappa shape index (κ2) is 29.0. The molecule has 2 heterocycles. The largest absolute Gasteiger partial charge is 0.746 e. The quantitative estimate of drug-likeness (QED) is 0.0463. The Morgan fingerprint density at radius 3 is 1.24 bits per heavy atom. The number of benzene rings is 5. The molecule has 410 valence electrons. The Kier molecular flexibility index (Phi) is 22.0. The van der Waals surface area contributed by atoms with Gasteiger partial charge in [-0.25, -0.2) is 16.8 Å². The molecule has 5 aromatic carbocycles. The van der Waals surface area contributed by atoms with E-state index in [0.717, 1.165) is 12.2 Å². The first kappa shape index (κ1) is 59.3. The summed E-state index contributed by atoms with van der Waals surface area (Å²) in [5, 5.41) is 5.95. The summed E-state index contributed by atoms with van der Waals surface area (Å²) in [6.07, 6.45) is 5.57. The Morgan fingerprint density at radius 1 is 0.513 bits per heavy atom. The molecule has 20 heteroatoms. The summed E-state index contributed by atoms with van der Waals surface area (Å²) in [6.45, 7) is 21.0. The highest BCUT2D eigenvalue weighted by atomic mass is 32.3. The first-order chi connectivity index (χ1) is 37.6. The number of ether oxygens (including phenoxy) is 4. The van der Waals surface area contributed by atoms with Crippen LogP contribution < -0.4 is 39.4 Å². The molecule has 0 fully saturated rings. The molecule has 0 saturated heterocycles. The summed E-state index contributed by atoms with van der Waals surface area (Å²) in [5.74, 6) is 0.583. The van der Waals surface area contributed by atoms with E-state index in [0.29, 0.717) is 46.1 Å². The second-order valence-electron chi connectivity index (χ2n) is 17.4. The van der Waals surface area contributed by atoms with Crippen LogP contribution in [0.5, 0.6) is 46.8 Å². The number of hydrogen-bond donors (Lipinski definition) is 4. The van der Waals surface area contributed by atoms with E-state index >= 15 is 0 Å². The third-order valence-electron chi connectivity index (χ3n) is 12.2. The van der Waals surface area contributed by atoms with Crippen LogP contribution in [0.3, 0.4) is 0 Å². The molecule has 1 atom stereocenters. The zero-order valence-electron chi connectivity index (χ0n) is 44.4. The lowest BCUT2D eigenvalue weighted by molar-refractivity contribution is -0.894. The lowest BCUT2D eigenvalue weighted by Crippen LogP contribution is -3.11. The van der Waals surface area contributed by atoms with E-state index < -0.39 is 30.2 Å². The van der Waals surface area contributed by atoms with Crippen LogP contribution in [-0.2, 0) is 20.2 Å². The second-order valence-corrected chi connectivity index (χ2v) is 20.8. The summed E-state index contributed by atoms with van der Waals surface area (Å²) in [7, 11) is -11.8. The van der Waals surface area contributed by atoms with Crippen LogP contribution in [0.15, 0.2) is 188 Å². The van der Waals surface area contributed by atoms with Crippen LogP contribution in [0.25, 0.3) is 6.08 Å². The molecule has 1 aliphatic rings. The molecule has 78 heavy (non-hydrogen) atoms. The van der Waals surface area contributed by atoms with Crippen molar-refractivity contribution in [2.45, 2.75) is 45.6 Å². The number of allylic oxidation sites excluding steroid dienone is 3. The van der Waals surface area contributed by atoms with Crippen molar-refractivity contribution in [3.63, 3.8) is 0 Å². The van der Waals surface area contributed by atoms with E-state index in [1.54, 1.807) is 125 Å². The highest BCUT2D eigenvalue weighted by Gasteiger charge is 2.49. The van der Waals surface area contributed by atoms with Crippen LogP contribution in [0.2, 0.25) is 0 Å². The van der Waals surface area contributed by atoms with Gasteiger partial charge in [-0.05, 0) is 120 Å². The van der Waals surface area contributed by atoms with Gasteiger partial charge in [0.05, 0.1) is 39.3 Å². The van der Waals surface area contributed by atoms with Crippen molar-refractivity contribution in [3.05, 3.63) is 193 Å². The molecule has 2 aromatic heterocycles. The number of quaternary nitrogens is 2. The topological polar surface area (TPSA) is 236 Å². The molecule has 8 rings (SSSR count). The van der Waals surface area contributed by atoms with E-state index in [9.17, 15) is 25.9 Å². The first-order valence-electron chi connectivity index (χ1n) is 25.6. The average molecular weight is 1100 g/mol. The van der Waals surface area contributed by atoms with Crippen molar-refractivity contribution in [3.8, 4) is 46.8 Å². The Bertz CT molecular complexity index is 3100. The molecule has 1 unspecified atom stereocenters. The molecule has 0 spiro atoms. The molecule has 0 radical (unpaired) electrons. The van der Waals surface area contributed by atoms with Crippen molar-refractivity contribution in [2.75, 3.05) is 49.9 Å². The minimum atomic E-state index is -5.90. The van der Waals surface area contributed by atoms with Gasteiger partial charge in [0.15, 0.2) is 4.08 Å². The summed E-state index contributed by atoms with van der Waals surface area (Å²) in [5.41, 5.74) is 0.781. The maximum absolute atomic E-state index is 13.0. The highest BCUT2D eigenvalue weighted by Crippen LogP contribution is 2.40. The van der Waals surface area contributed by atoms with Gasteiger partial charge in [-0.2, -0.15) is 19.9 Å². The maximum Gasteiger partial charge on any atom is 0.327 e. The molecule has 0 amide bonds. The van der Waals surface area contributed by atoms with Crippen molar-refractivity contribution in [2.24, 2.45) is 5.92 Å². The minimum Gasteiger partial charge on any atom is -0.746 e. The van der Waals surface area contributed by atoms with Gasteiger partial charge in [-0.3, -0.25) is 0 Å². The SMILES string of the molecule is CC[NH+](CC)CC.CC[NH+](CC)CC.O=S(=O)([O-])C1(S(=O)(=O)[O-])C=C(Nc2cc(Oc3ccccc3)nc(Oc3ccccc3)n2)C=CC1C=Cc1ccc(Nc2cc(Oc3ccccc3)nc(Oc3ccccc3)n2)cc1. The van der Waals surface area contributed by atoms with Crippen LogP contribution in [0, 0.1) is 5.92 Å². The third-order valence-corrected chi connectivity index (χ3v) is 15.8. The maximum atomic E-state index is 13.0. The molecule has 18 nitrogen and oxygen atoms in total. The molecule has 0 saturated carbocycles. The lowest BCUT2D eigenvalue weighted by atomic mass is 9.96. The van der Waals surface area contributed by atoms with Gasteiger partial charge in [0.2, 0.25) is 11.8 Å². The van der Waals surface area contributed by atoms with Crippen molar-refractivity contribution in [1.82, 2.24) is 19.9 Å². The van der Waals surface area contributed by atoms with E-state index in [4.69, 9.17) is 18.9 Å². The van der Waals surface area contributed by atoms with Gasteiger partial charge < -0.3 is 48.5 Å². The normalized spacial score (nSPS) is 13.8. The monoisotopic (exact) mass is 1100 g/mol. The van der Waals surface area contributed by atoms with E-state index in [1.165, 1.54) is 57.5 Å². The van der Waals surface area contributed by atoms with Crippen LogP contribution >= 0.6 is 0 Å². The fraction of sp³-hybridized carbons (Fsp3) is 0.241. The van der Waals surface area contributed by atoms with Gasteiger partial charge in [0, 0.05) is 29.4 Å². The number of para-hydroxylation sites is 4. The van der Waals surface area contributed by atoms with E-state index in [1.807, 2.05) is 36.4 Å². The summed E-state index contributed by atoms with van der Waals surface area (Å²) >= 11 is 0. The standard InChI is InChI=1S/C46H36N6O10S2.2C6H15N/c53-63(54,55)46(64(56,57)58)31-35(48-41-30-43(60-37-15-7-2-8-16-37)52-45(50-41)62-39-19-11-4-12-20-39)28-25-33(46)24-21-32-22-26-34(27-23-32)47-40-29-42(59-36-13-5-1-6-14-36)51-44(49-40)61-38-17-9-3-10-18-38;2*1-4-7(5-2)6-3/h1-31,33H,(H,47,49,51)(H,48,50,52)(H,53,54,55)(H,56,57,58);2*4-6H2,1-3H3. The predicted molar refractivity (Wildman–Crippen MR) is 301 cm³/mol. The smallest absolute Gasteiger partial charge is 0.327 e. The Labute approximate surface area is 457 Å². The summed E-state index contributed by atoms with van der Waals surface area (Å²) < 4.78 is 97.9. The number of rotatable bonds is 22. The zero-order valence-corrected chi connectivity index (χ0v) is 46.0. The van der Waals surface area contributed by atoms with Gasteiger partial charge in [0.1, 0.15) is 54.9 Å². The third kappa shape index (κ3) is 17.3. The molecular formula is C58H66N8O10S2. The van der Waals surface area contributed by atoms with Crippen molar-refractivity contribution < 1.29 is 54.7 Å². The molecule has 0 aliphatic heterocycles. The molecule has 7 aromatic rings. The number of hydrogen-bond acceptors (Lipinski definition) is 16.